The van der Waals surface area contributed by atoms with Gasteiger partial charge < -0.3 is 20.3 Å². The zero-order chi connectivity index (χ0) is 17.4. The van der Waals surface area contributed by atoms with Crippen LogP contribution >= 0.6 is 24.8 Å². The summed E-state index contributed by atoms with van der Waals surface area (Å²) in [4.78, 5) is 15.2. The van der Waals surface area contributed by atoms with Crippen LogP contribution in [0.4, 0.5) is 11.5 Å². The molecule has 1 aromatic heterocycles. The number of aryl methyl sites for hydroxylation is 1. The minimum Gasteiger partial charge on any atom is -0.375 e. The Kier molecular flexibility index (Phi) is 7.80. The van der Waals surface area contributed by atoms with Crippen molar-refractivity contribution in [3.63, 3.8) is 0 Å². The number of carbonyl (C=O) groups excluding carboxylic acids is 1. The lowest BCUT2D eigenvalue weighted by atomic mass is 9.82. The zero-order valence-electron chi connectivity index (χ0n) is 16.1. The number of morpholine rings is 1. The van der Waals surface area contributed by atoms with E-state index >= 15 is 0 Å². The highest BCUT2D eigenvalue weighted by atomic mass is 35.5. The van der Waals surface area contributed by atoms with Gasteiger partial charge >= 0.3 is 0 Å². The molecular formula is C18H31Cl2N5O2. The predicted molar refractivity (Wildman–Crippen MR) is 111 cm³/mol. The molecule has 0 radical (unpaired) electrons. The number of hydrogen-bond donors (Lipinski definition) is 2. The molecule has 7 nitrogen and oxygen atoms in total. The van der Waals surface area contributed by atoms with E-state index in [9.17, 15) is 4.79 Å². The summed E-state index contributed by atoms with van der Waals surface area (Å²) in [5.74, 6) is 1.10. The van der Waals surface area contributed by atoms with Gasteiger partial charge in [-0.05, 0) is 39.0 Å². The Balaban J connectivity index is 0.00000131. The summed E-state index contributed by atoms with van der Waals surface area (Å²) >= 11 is 0. The number of amides is 1. The van der Waals surface area contributed by atoms with Gasteiger partial charge in [0.1, 0.15) is 5.69 Å². The van der Waals surface area contributed by atoms with E-state index in [0.29, 0.717) is 6.04 Å². The van der Waals surface area contributed by atoms with Crippen LogP contribution in [0.25, 0.3) is 0 Å². The van der Waals surface area contributed by atoms with Crippen LogP contribution in [0.2, 0.25) is 0 Å². The largest absolute Gasteiger partial charge is 0.375 e. The molecule has 3 fully saturated rings. The fourth-order valence-electron chi connectivity index (χ4n) is 4.36. The fourth-order valence-corrected chi connectivity index (χ4v) is 4.36. The number of nitrogens with zero attached hydrogens (tertiary/aromatic N) is 3. The van der Waals surface area contributed by atoms with Crippen molar-refractivity contribution in [2.45, 2.75) is 51.2 Å². The normalized spacial score (nSPS) is 27.3. The molecule has 1 aliphatic carbocycles. The van der Waals surface area contributed by atoms with E-state index in [1.807, 2.05) is 18.7 Å². The molecule has 1 aromatic rings. The molecule has 0 spiro atoms. The number of hydrogen-bond acceptors (Lipinski definition) is 5. The lowest BCUT2D eigenvalue weighted by Crippen LogP contribution is -2.52. The fraction of sp³-hybridized carbons (Fsp3) is 0.778. The van der Waals surface area contributed by atoms with Gasteiger partial charge in [0.15, 0.2) is 5.82 Å². The van der Waals surface area contributed by atoms with Gasteiger partial charge in [-0.25, -0.2) is 0 Å². The van der Waals surface area contributed by atoms with Crippen molar-refractivity contribution in [1.82, 2.24) is 15.1 Å². The zero-order valence-corrected chi connectivity index (χ0v) is 17.7. The number of aromatic nitrogens is 2. The molecule has 2 N–H and O–H groups in total. The Labute approximate surface area is 173 Å². The van der Waals surface area contributed by atoms with E-state index in [0.717, 1.165) is 62.7 Å². The third-order valence-corrected chi connectivity index (χ3v) is 5.97. The topological polar surface area (TPSA) is 71.4 Å². The molecule has 2 aliphatic heterocycles. The summed E-state index contributed by atoms with van der Waals surface area (Å²) in [6.45, 7) is 5.74. The van der Waals surface area contributed by atoms with Crippen molar-refractivity contribution < 1.29 is 9.53 Å². The third kappa shape index (κ3) is 4.53. The Morgan fingerprint density at radius 3 is 2.74 bits per heavy atom. The number of ether oxygens (including phenoxy) is 1. The second-order valence-electron chi connectivity index (χ2n) is 7.57. The highest BCUT2D eigenvalue weighted by Gasteiger charge is 2.36. The van der Waals surface area contributed by atoms with Crippen LogP contribution in [0.15, 0.2) is 0 Å². The van der Waals surface area contributed by atoms with Gasteiger partial charge in [0.25, 0.3) is 0 Å². The van der Waals surface area contributed by atoms with Crippen LogP contribution in [0, 0.1) is 12.8 Å². The van der Waals surface area contributed by atoms with E-state index < -0.39 is 0 Å². The van der Waals surface area contributed by atoms with Crippen molar-refractivity contribution in [2.75, 3.05) is 36.5 Å². The molecule has 2 saturated heterocycles. The molecule has 0 aromatic carbocycles. The van der Waals surface area contributed by atoms with Crippen molar-refractivity contribution in [3.05, 3.63) is 5.69 Å². The first-order chi connectivity index (χ1) is 12.1. The average Bonchev–Trinajstić information content (AvgIpc) is 3.25. The van der Waals surface area contributed by atoms with Gasteiger partial charge in [-0.15, -0.1) is 24.8 Å². The molecule has 3 atom stereocenters. The van der Waals surface area contributed by atoms with Crippen molar-refractivity contribution >= 4 is 42.2 Å². The number of rotatable bonds is 3. The van der Waals surface area contributed by atoms with Crippen LogP contribution in [0.3, 0.4) is 0 Å². The average molecular weight is 420 g/mol. The Bertz CT molecular complexity index is 648. The first kappa shape index (κ1) is 22.3. The lowest BCUT2D eigenvalue weighted by molar-refractivity contribution is -0.123. The van der Waals surface area contributed by atoms with Crippen molar-refractivity contribution in [2.24, 2.45) is 13.0 Å². The standard InChI is InChI=1S/C18H29N5O2.2ClH/c1-12-16(17(21-22(12)2)23-8-3-4-9-23)20-18(24)13-5-6-15-14(11-13)19-7-10-25-15;;/h13-15,19H,3-11H2,1-2H3,(H,20,24);2*1H/t13-,14+,15+;;/m0../s1. The lowest BCUT2D eigenvalue weighted by Gasteiger charge is -2.39. The van der Waals surface area contributed by atoms with E-state index in [-0.39, 0.29) is 42.7 Å². The van der Waals surface area contributed by atoms with Crippen molar-refractivity contribution in [3.8, 4) is 0 Å². The summed E-state index contributed by atoms with van der Waals surface area (Å²) in [6.07, 6.45) is 5.38. The first-order valence-electron chi connectivity index (χ1n) is 9.58. The number of nitrogens with one attached hydrogen (secondary N) is 2. The molecule has 0 bridgehead atoms. The van der Waals surface area contributed by atoms with Gasteiger partial charge in [-0.2, -0.15) is 5.10 Å². The maximum absolute atomic E-state index is 12.9. The summed E-state index contributed by atoms with van der Waals surface area (Å²) in [5, 5.41) is 11.4. The molecule has 3 aliphatic rings. The predicted octanol–water partition coefficient (Wildman–Crippen LogP) is 2.27. The molecule has 0 unspecified atom stereocenters. The molecule has 3 heterocycles. The maximum Gasteiger partial charge on any atom is 0.227 e. The second kappa shape index (κ2) is 9.45. The second-order valence-corrected chi connectivity index (χ2v) is 7.57. The smallest absolute Gasteiger partial charge is 0.227 e. The molecule has 9 heteroatoms. The summed E-state index contributed by atoms with van der Waals surface area (Å²) in [7, 11) is 1.94. The minimum atomic E-state index is 0. The third-order valence-electron chi connectivity index (χ3n) is 5.97. The Morgan fingerprint density at radius 2 is 2.00 bits per heavy atom. The minimum absolute atomic E-state index is 0. The van der Waals surface area contributed by atoms with Crippen LogP contribution < -0.4 is 15.5 Å². The number of anilines is 2. The monoisotopic (exact) mass is 419 g/mol. The van der Waals surface area contributed by atoms with Gasteiger partial charge in [0, 0.05) is 38.6 Å². The van der Waals surface area contributed by atoms with E-state index in [1.54, 1.807) is 0 Å². The van der Waals surface area contributed by atoms with Crippen molar-refractivity contribution in [1.29, 1.82) is 0 Å². The van der Waals surface area contributed by atoms with Crippen LogP contribution in [0.5, 0.6) is 0 Å². The summed E-state index contributed by atoms with van der Waals surface area (Å²) in [5.41, 5.74) is 1.91. The van der Waals surface area contributed by atoms with Gasteiger partial charge in [0.2, 0.25) is 5.91 Å². The maximum atomic E-state index is 12.9. The summed E-state index contributed by atoms with van der Waals surface area (Å²) in [6, 6.07) is 0.311. The number of carbonyl (C=O) groups is 1. The molecule has 154 valence electrons. The van der Waals surface area contributed by atoms with Crippen LogP contribution in [0.1, 0.15) is 37.8 Å². The van der Waals surface area contributed by atoms with E-state index in [2.05, 4.69) is 20.6 Å². The molecule has 4 rings (SSSR count). The van der Waals surface area contributed by atoms with Gasteiger partial charge in [0.05, 0.1) is 18.4 Å². The van der Waals surface area contributed by atoms with E-state index in [4.69, 9.17) is 4.74 Å². The quantitative estimate of drug-likeness (QED) is 0.785. The molecule has 1 saturated carbocycles. The van der Waals surface area contributed by atoms with E-state index in [1.165, 1.54) is 12.8 Å². The Hall–Kier alpha value is -1.02. The van der Waals surface area contributed by atoms with Crippen LogP contribution in [-0.4, -0.2) is 54.1 Å². The first-order valence-corrected chi connectivity index (χ1v) is 9.58. The Morgan fingerprint density at radius 1 is 1.26 bits per heavy atom. The number of fused-ring (bicyclic) bond motifs is 1. The summed E-state index contributed by atoms with van der Waals surface area (Å²) < 4.78 is 7.69. The highest BCUT2D eigenvalue weighted by molar-refractivity contribution is 5.96. The van der Waals surface area contributed by atoms with Gasteiger partial charge in [-0.3, -0.25) is 9.48 Å². The molecular weight excluding hydrogens is 389 g/mol. The highest BCUT2D eigenvalue weighted by Crippen LogP contribution is 2.33. The molecule has 27 heavy (non-hydrogen) atoms. The van der Waals surface area contributed by atoms with Crippen LogP contribution in [-0.2, 0) is 16.6 Å². The van der Waals surface area contributed by atoms with Gasteiger partial charge in [-0.1, -0.05) is 0 Å². The SMILES string of the molecule is Cc1c(NC(=O)[C@H]2CC[C@H]3OCCN[C@@H]3C2)c(N2CCCC2)nn1C.Cl.Cl. The molecule has 1 amide bonds. The number of halogens is 2.